The Morgan fingerprint density at radius 2 is 2.22 bits per heavy atom. The zero-order valence-electron chi connectivity index (χ0n) is 13.6. The van der Waals surface area contributed by atoms with Crippen LogP contribution >= 0.6 is 0 Å². The standard InChI is InChI=1S/C17H24F2N2O2/c1-3-8-21-9-4-5-15(21)16(22)20-11-17(2,23)13-7-6-12(18)10-14(13)19/h6-7,10,15,23H,3-5,8-9,11H2,1-2H3,(H,20,22)/t15-,17+/m1/s1. The molecule has 2 N–H and O–H groups in total. The second kappa shape index (κ2) is 7.36. The van der Waals surface area contributed by atoms with E-state index in [-0.39, 0.29) is 24.1 Å². The van der Waals surface area contributed by atoms with Gasteiger partial charge >= 0.3 is 0 Å². The fourth-order valence-corrected chi connectivity index (χ4v) is 3.08. The van der Waals surface area contributed by atoms with Gasteiger partial charge in [0, 0.05) is 11.6 Å². The Kier molecular flexibility index (Phi) is 5.70. The molecule has 1 fully saturated rings. The van der Waals surface area contributed by atoms with Crippen molar-refractivity contribution < 1.29 is 18.7 Å². The van der Waals surface area contributed by atoms with Crippen LogP contribution < -0.4 is 5.32 Å². The van der Waals surface area contributed by atoms with Gasteiger partial charge in [-0.1, -0.05) is 13.0 Å². The first-order valence-electron chi connectivity index (χ1n) is 8.05. The summed E-state index contributed by atoms with van der Waals surface area (Å²) >= 11 is 0. The third-order valence-corrected chi connectivity index (χ3v) is 4.30. The molecule has 1 aliphatic rings. The molecule has 1 aromatic rings. The highest BCUT2D eigenvalue weighted by Gasteiger charge is 2.32. The first-order chi connectivity index (χ1) is 10.8. The highest BCUT2D eigenvalue weighted by Crippen LogP contribution is 2.24. The maximum atomic E-state index is 13.8. The number of benzene rings is 1. The van der Waals surface area contributed by atoms with E-state index in [4.69, 9.17) is 0 Å². The topological polar surface area (TPSA) is 52.6 Å². The highest BCUT2D eigenvalue weighted by molar-refractivity contribution is 5.82. The van der Waals surface area contributed by atoms with Crippen LogP contribution in [0, 0.1) is 11.6 Å². The van der Waals surface area contributed by atoms with Crippen LogP contribution in [0.2, 0.25) is 0 Å². The van der Waals surface area contributed by atoms with Crippen LogP contribution in [0.1, 0.15) is 38.7 Å². The lowest BCUT2D eigenvalue weighted by atomic mass is 9.95. The molecule has 1 aliphatic heterocycles. The molecule has 2 atom stereocenters. The van der Waals surface area contributed by atoms with Crippen molar-refractivity contribution in [3.63, 3.8) is 0 Å². The number of nitrogens with one attached hydrogen (secondary N) is 1. The van der Waals surface area contributed by atoms with Gasteiger partial charge in [0.2, 0.25) is 5.91 Å². The minimum Gasteiger partial charge on any atom is -0.383 e. The second-order valence-electron chi connectivity index (χ2n) is 6.31. The number of hydrogen-bond donors (Lipinski definition) is 2. The van der Waals surface area contributed by atoms with Crippen molar-refractivity contribution in [2.24, 2.45) is 0 Å². The molecule has 1 amide bonds. The normalized spacial score (nSPS) is 21.2. The predicted octanol–water partition coefficient (Wildman–Crippen LogP) is 2.16. The van der Waals surface area contributed by atoms with E-state index in [0.717, 1.165) is 44.5 Å². The van der Waals surface area contributed by atoms with Crippen molar-refractivity contribution in [3.8, 4) is 0 Å². The van der Waals surface area contributed by atoms with Gasteiger partial charge in [-0.3, -0.25) is 9.69 Å². The molecule has 0 radical (unpaired) electrons. The number of rotatable bonds is 6. The fraction of sp³-hybridized carbons (Fsp3) is 0.588. The molecule has 128 valence electrons. The number of amides is 1. The summed E-state index contributed by atoms with van der Waals surface area (Å²) in [6, 6.07) is 2.83. The van der Waals surface area contributed by atoms with E-state index in [1.807, 2.05) is 0 Å². The van der Waals surface area contributed by atoms with Crippen LogP contribution in [-0.2, 0) is 10.4 Å². The van der Waals surface area contributed by atoms with Gasteiger partial charge in [0.05, 0.1) is 12.6 Å². The van der Waals surface area contributed by atoms with Gasteiger partial charge in [-0.2, -0.15) is 0 Å². The first-order valence-corrected chi connectivity index (χ1v) is 8.05. The SMILES string of the molecule is CCCN1CCC[C@@H]1C(=O)NC[C@](C)(O)c1ccc(F)cc1F. The Morgan fingerprint density at radius 3 is 2.87 bits per heavy atom. The van der Waals surface area contributed by atoms with E-state index in [0.29, 0.717) is 0 Å². The molecule has 2 rings (SSSR count). The second-order valence-corrected chi connectivity index (χ2v) is 6.31. The lowest BCUT2D eigenvalue weighted by Gasteiger charge is -2.27. The van der Waals surface area contributed by atoms with Gasteiger partial charge in [-0.05, 0) is 45.3 Å². The maximum absolute atomic E-state index is 13.8. The molecule has 6 heteroatoms. The average Bonchev–Trinajstić information content (AvgIpc) is 2.93. The first kappa shape index (κ1) is 17.8. The van der Waals surface area contributed by atoms with Crippen LogP contribution in [0.3, 0.4) is 0 Å². The zero-order valence-corrected chi connectivity index (χ0v) is 13.6. The molecule has 1 aromatic carbocycles. The molecule has 4 nitrogen and oxygen atoms in total. The number of likely N-dealkylation sites (tertiary alicyclic amines) is 1. The van der Waals surface area contributed by atoms with E-state index in [2.05, 4.69) is 17.1 Å². The number of carbonyl (C=O) groups excluding carboxylic acids is 1. The van der Waals surface area contributed by atoms with Crippen LogP contribution in [0.25, 0.3) is 0 Å². The molecule has 0 spiro atoms. The lowest BCUT2D eigenvalue weighted by Crippen LogP contribution is -2.47. The summed E-state index contributed by atoms with van der Waals surface area (Å²) in [5.41, 5.74) is -1.63. The van der Waals surface area contributed by atoms with Crippen LogP contribution in [0.15, 0.2) is 18.2 Å². The van der Waals surface area contributed by atoms with Gasteiger partial charge in [0.15, 0.2) is 0 Å². The van der Waals surface area contributed by atoms with E-state index < -0.39 is 17.2 Å². The Labute approximate surface area is 135 Å². The smallest absolute Gasteiger partial charge is 0.237 e. The molecule has 0 unspecified atom stereocenters. The molecule has 0 bridgehead atoms. The summed E-state index contributed by atoms with van der Waals surface area (Å²) in [6.07, 6.45) is 2.74. The van der Waals surface area contributed by atoms with Crippen molar-refractivity contribution in [2.75, 3.05) is 19.6 Å². The molecular formula is C17H24F2N2O2. The van der Waals surface area contributed by atoms with E-state index >= 15 is 0 Å². The Hall–Kier alpha value is -1.53. The Morgan fingerprint density at radius 1 is 1.48 bits per heavy atom. The Bertz CT molecular complexity index is 564. The molecular weight excluding hydrogens is 302 g/mol. The third kappa shape index (κ3) is 4.26. The van der Waals surface area contributed by atoms with Gasteiger partial charge in [-0.15, -0.1) is 0 Å². The van der Waals surface area contributed by atoms with Crippen molar-refractivity contribution in [1.82, 2.24) is 10.2 Å². The third-order valence-electron chi connectivity index (χ3n) is 4.30. The van der Waals surface area contributed by atoms with Gasteiger partial charge in [0.1, 0.15) is 17.2 Å². The van der Waals surface area contributed by atoms with Crippen LogP contribution in [0.5, 0.6) is 0 Å². The minimum atomic E-state index is -1.60. The number of carbonyl (C=O) groups is 1. The largest absolute Gasteiger partial charge is 0.383 e. The molecule has 0 saturated carbocycles. The molecule has 1 heterocycles. The summed E-state index contributed by atoms with van der Waals surface area (Å²) < 4.78 is 26.8. The van der Waals surface area contributed by atoms with E-state index in [1.54, 1.807) is 0 Å². The van der Waals surface area contributed by atoms with Crippen molar-refractivity contribution in [1.29, 1.82) is 0 Å². The summed E-state index contributed by atoms with van der Waals surface area (Å²) in [4.78, 5) is 14.5. The highest BCUT2D eigenvalue weighted by atomic mass is 19.1. The van der Waals surface area contributed by atoms with Crippen molar-refractivity contribution in [3.05, 3.63) is 35.4 Å². The van der Waals surface area contributed by atoms with E-state index in [9.17, 15) is 18.7 Å². The summed E-state index contributed by atoms with van der Waals surface area (Å²) in [6.45, 7) is 5.11. The van der Waals surface area contributed by atoms with Gasteiger partial charge < -0.3 is 10.4 Å². The summed E-state index contributed by atoms with van der Waals surface area (Å²) in [7, 11) is 0. The average molecular weight is 326 g/mol. The molecule has 0 aliphatic carbocycles. The number of aliphatic hydroxyl groups is 1. The van der Waals surface area contributed by atoms with Crippen LogP contribution in [-0.4, -0.2) is 41.6 Å². The minimum absolute atomic E-state index is 0.0314. The van der Waals surface area contributed by atoms with Crippen molar-refractivity contribution in [2.45, 2.75) is 44.8 Å². The quantitative estimate of drug-likeness (QED) is 0.842. The predicted molar refractivity (Wildman–Crippen MR) is 83.8 cm³/mol. The number of hydrogen-bond acceptors (Lipinski definition) is 3. The van der Waals surface area contributed by atoms with Gasteiger partial charge in [0.25, 0.3) is 0 Å². The number of nitrogens with zero attached hydrogens (tertiary/aromatic N) is 1. The van der Waals surface area contributed by atoms with Crippen LogP contribution in [0.4, 0.5) is 8.78 Å². The number of halogens is 2. The summed E-state index contributed by atoms with van der Waals surface area (Å²) in [5.74, 6) is -1.68. The Balaban J connectivity index is 1.99. The zero-order chi connectivity index (χ0) is 17.0. The summed E-state index contributed by atoms with van der Waals surface area (Å²) in [5, 5.41) is 13.1. The lowest BCUT2D eigenvalue weighted by molar-refractivity contribution is -0.126. The maximum Gasteiger partial charge on any atom is 0.237 e. The molecule has 23 heavy (non-hydrogen) atoms. The van der Waals surface area contributed by atoms with Gasteiger partial charge in [-0.25, -0.2) is 8.78 Å². The van der Waals surface area contributed by atoms with Crippen molar-refractivity contribution >= 4 is 5.91 Å². The molecule has 1 saturated heterocycles. The monoisotopic (exact) mass is 326 g/mol. The fourth-order valence-electron chi connectivity index (χ4n) is 3.08. The molecule has 0 aromatic heterocycles. The van der Waals surface area contributed by atoms with E-state index in [1.165, 1.54) is 13.0 Å².